The van der Waals surface area contributed by atoms with Gasteiger partial charge >= 0.3 is 0 Å². The summed E-state index contributed by atoms with van der Waals surface area (Å²) in [4.78, 5) is 4.77. The molecular formula is C57H38N2. The first-order valence-corrected chi connectivity index (χ1v) is 20.4. The normalized spacial score (nSPS) is 12.9. The molecule has 2 heteroatoms. The fraction of sp³-hybridized carbons (Fsp3) is 0.0175. The first-order valence-electron chi connectivity index (χ1n) is 20.4. The second-order valence-electron chi connectivity index (χ2n) is 15.6. The largest absolute Gasteiger partial charge is 0.310 e. The van der Waals surface area contributed by atoms with Crippen LogP contribution in [0.2, 0.25) is 0 Å². The van der Waals surface area contributed by atoms with Crippen molar-refractivity contribution in [3.63, 3.8) is 0 Å². The van der Waals surface area contributed by atoms with Gasteiger partial charge < -0.3 is 9.80 Å². The van der Waals surface area contributed by atoms with Crippen LogP contribution in [0.5, 0.6) is 0 Å². The molecule has 1 spiro atoms. The zero-order valence-electron chi connectivity index (χ0n) is 32.3. The summed E-state index contributed by atoms with van der Waals surface area (Å²) in [6.07, 6.45) is 0. The fourth-order valence-corrected chi connectivity index (χ4v) is 10.3. The summed E-state index contributed by atoms with van der Waals surface area (Å²) in [6.45, 7) is 0. The van der Waals surface area contributed by atoms with Gasteiger partial charge in [0, 0.05) is 34.1 Å². The standard InChI is InChI=1S/C57H38N2/c1-5-19-39(20-6-1)58(40-21-7-2-8-22-40)43-33-35-49-51(37-43)45-27-13-14-30-48(45)55-50-36-34-44(59(41-23-9-3-10-24-41)42-25-11-4-12-26-42)38-54(50)57(56(49)55)52-31-17-15-28-46(52)47-29-16-18-32-53(47)57/h1-38H. The monoisotopic (exact) mass is 750 g/mol. The number of anilines is 6. The van der Waals surface area contributed by atoms with Crippen molar-refractivity contribution in [2.24, 2.45) is 0 Å². The number of hydrogen-bond acceptors (Lipinski definition) is 2. The van der Waals surface area contributed by atoms with E-state index in [2.05, 4.69) is 240 Å². The Balaban J connectivity index is 1.20. The first-order chi connectivity index (χ1) is 29.3. The summed E-state index contributed by atoms with van der Waals surface area (Å²) in [5, 5.41) is 5.05. The van der Waals surface area contributed by atoms with Crippen molar-refractivity contribution in [1.29, 1.82) is 0 Å². The number of fused-ring (bicyclic) bond motifs is 15. The average molecular weight is 751 g/mol. The van der Waals surface area contributed by atoms with Gasteiger partial charge in [-0.2, -0.15) is 0 Å². The highest BCUT2D eigenvalue weighted by Crippen LogP contribution is 2.66. The fourth-order valence-electron chi connectivity index (χ4n) is 10.3. The third-order valence-corrected chi connectivity index (χ3v) is 12.6. The molecule has 59 heavy (non-hydrogen) atoms. The Hall–Kier alpha value is -7.68. The molecule has 10 aromatic rings. The van der Waals surface area contributed by atoms with Crippen molar-refractivity contribution in [2.75, 3.05) is 9.80 Å². The van der Waals surface area contributed by atoms with Crippen LogP contribution in [0.1, 0.15) is 22.3 Å². The minimum absolute atomic E-state index is 0.560. The van der Waals surface area contributed by atoms with E-state index >= 15 is 0 Å². The highest BCUT2D eigenvalue weighted by molar-refractivity contribution is 6.20. The Labute approximate surface area is 344 Å². The van der Waals surface area contributed by atoms with Crippen molar-refractivity contribution in [3.8, 4) is 22.3 Å². The second kappa shape index (κ2) is 13.2. The van der Waals surface area contributed by atoms with Crippen molar-refractivity contribution >= 4 is 55.7 Å². The summed E-state index contributed by atoms with van der Waals surface area (Å²) in [5.41, 5.74) is 16.7. The lowest BCUT2D eigenvalue weighted by molar-refractivity contribution is 0.801. The molecule has 2 nitrogen and oxygen atoms in total. The predicted octanol–water partition coefficient (Wildman–Crippen LogP) is 15.3. The van der Waals surface area contributed by atoms with Crippen molar-refractivity contribution in [2.45, 2.75) is 5.41 Å². The molecule has 2 aliphatic rings. The minimum atomic E-state index is -0.560. The summed E-state index contributed by atoms with van der Waals surface area (Å²) < 4.78 is 0. The summed E-state index contributed by atoms with van der Waals surface area (Å²) in [6, 6.07) is 84.7. The van der Waals surface area contributed by atoms with Crippen LogP contribution in [0, 0.1) is 0 Å². The molecule has 0 unspecified atom stereocenters. The van der Waals surface area contributed by atoms with Gasteiger partial charge in [0.05, 0.1) is 5.41 Å². The molecule has 0 saturated heterocycles. The molecule has 0 aliphatic heterocycles. The van der Waals surface area contributed by atoms with E-state index in [0.29, 0.717) is 0 Å². The average Bonchev–Trinajstić information content (AvgIpc) is 3.78. The van der Waals surface area contributed by atoms with Crippen LogP contribution >= 0.6 is 0 Å². The van der Waals surface area contributed by atoms with Gasteiger partial charge in [0.25, 0.3) is 0 Å². The van der Waals surface area contributed by atoms with E-state index in [4.69, 9.17) is 0 Å². The van der Waals surface area contributed by atoms with Gasteiger partial charge in [0.15, 0.2) is 0 Å². The van der Waals surface area contributed by atoms with Gasteiger partial charge in [-0.1, -0.05) is 158 Å². The van der Waals surface area contributed by atoms with Crippen LogP contribution in [-0.4, -0.2) is 0 Å². The number of rotatable bonds is 6. The highest BCUT2D eigenvalue weighted by atomic mass is 15.1. The zero-order valence-corrected chi connectivity index (χ0v) is 32.3. The Morgan fingerprint density at radius 2 is 0.678 bits per heavy atom. The zero-order chi connectivity index (χ0) is 38.9. The van der Waals surface area contributed by atoms with Gasteiger partial charge in [0.2, 0.25) is 0 Å². The molecule has 0 bridgehead atoms. The van der Waals surface area contributed by atoms with E-state index in [9.17, 15) is 0 Å². The van der Waals surface area contributed by atoms with Crippen LogP contribution in [0.25, 0.3) is 43.8 Å². The molecule has 0 atom stereocenters. The SMILES string of the molecule is c1ccc(N(c2ccccc2)c2ccc3c(c2)C2(c4ccccc4-c4ccccc42)c2c-3c3ccccc3c3cc(N(c4ccccc4)c4ccccc4)ccc23)cc1. The molecule has 0 amide bonds. The smallest absolute Gasteiger partial charge is 0.0732 e. The van der Waals surface area contributed by atoms with Gasteiger partial charge in [-0.25, -0.2) is 0 Å². The molecule has 0 fully saturated rings. The number of benzene rings is 10. The quantitative estimate of drug-likeness (QED) is 0.156. The lowest BCUT2D eigenvalue weighted by Crippen LogP contribution is -2.26. The summed E-state index contributed by atoms with van der Waals surface area (Å²) in [5.74, 6) is 0. The van der Waals surface area contributed by atoms with Crippen molar-refractivity contribution in [1.82, 2.24) is 0 Å². The minimum Gasteiger partial charge on any atom is -0.310 e. The maximum absolute atomic E-state index is 2.50. The van der Waals surface area contributed by atoms with Crippen LogP contribution in [0.3, 0.4) is 0 Å². The molecule has 2 aliphatic carbocycles. The topological polar surface area (TPSA) is 6.48 Å². The Kier molecular flexibility index (Phi) is 7.48. The van der Waals surface area contributed by atoms with Crippen LogP contribution in [0.15, 0.2) is 231 Å². The van der Waals surface area contributed by atoms with E-state index in [-0.39, 0.29) is 0 Å². The Morgan fingerprint density at radius 3 is 1.20 bits per heavy atom. The van der Waals surface area contributed by atoms with Crippen LogP contribution in [-0.2, 0) is 5.41 Å². The molecular weight excluding hydrogens is 713 g/mol. The molecule has 12 rings (SSSR count). The Morgan fingerprint density at radius 1 is 0.254 bits per heavy atom. The lowest BCUT2D eigenvalue weighted by atomic mass is 9.69. The molecule has 0 radical (unpaired) electrons. The molecule has 10 aromatic carbocycles. The van der Waals surface area contributed by atoms with Crippen LogP contribution in [0.4, 0.5) is 34.1 Å². The van der Waals surface area contributed by atoms with Gasteiger partial charge in [0.1, 0.15) is 0 Å². The summed E-state index contributed by atoms with van der Waals surface area (Å²) >= 11 is 0. The molecule has 276 valence electrons. The third-order valence-electron chi connectivity index (χ3n) is 12.6. The van der Waals surface area contributed by atoms with Crippen molar-refractivity contribution < 1.29 is 0 Å². The maximum atomic E-state index is 2.50. The van der Waals surface area contributed by atoms with E-state index in [1.165, 1.54) is 66.1 Å². The van der Waals surface area contributed by atoms with E-state index in [1.807, 2.05) is 0 Å². The second-order valence-corrected chi connectivity index (χ2v) is 15.6. The molecule has 0 heterocycles. The lowest BCUT2D eigenvalue weighted by Gasteiger charge is -2.33. The number of para-hydroxylation sites is 4. The molecule has 0 saturated carbocycles. The number of hydrogen-bond donors (Lipinski definition) is 0. The van der Waals surface area contributed by atoms with Crippen molar-refractivity contribution in [3.05, 3.63) is 253 Å². The predicted molar refractivity (Wildman–Crippen MR) is 247 cm³/mol. The highest BCUT2D eigenvalue weighted by Gasteiger charge is 2.53. The molecule has 0 aromatic heterocycles. The third kappa shape index (κ3) is 4.87. The van der Waals surface area contributed by atoms with Gasteiger partial charge in [-0.15, -0.1) is 0 Å². The molecule has 0 N–H and O–H groups in total. The Bertz CT molecular complexity index is 3090. The van der Waals surface area contributed by atoms with E-state index in [1.54, 1.807) is 0 Å². The van der Waals surface area contributed by atoms with E-state index < -0.39 is 5.41 Å². The van der Waals surface area contributed by atoms with E-state index in [0.717, 1.165) is 34.1 Å². The van der Waals surface area contributed by atoms with Gasteiger partial charge in [-0.05, 0) is 139 Å². The first kappa shape index (κ1) is 33.5. The maximum Gasteiger partial charge on any atom is 0.0732 e. The number of nitrogens with zero attached hydrogens (tertiary/aromatic N) is 2. The van der Waals surface area contributed by atoms with Gasteiger partial charge in [-0.3, -0.25) is 0 Å². The summed E-state index contributed by atoms with van der Waals surface area (Å²) in [7, 11) is 0. The van der Waals surface area contributed by atoms with Crippen LogP contribution < -0.4 is 9.80 Å².